The summed E-state index contributed by atoms with van der Waals surface area (Å²) in [5.41, 5.74) is 1.74. The highest BCUT2D eigenvalue weighted by Gasteiger charge is 2.24. The van der Waals surface area contributed by atoms with E-state index in [0.717, 1.165) is 10.6 Å². The molecule has 0 bridgehead atoms. The highest BCUT2D eigenvalue weighted by molar-refractivity contribution is 7.92. The highest BCUT2D eigenvalue weighted by atomic mass is 35.5. The van der Waals surface area contributed by atoms with Crippen molar-refractivity contribution < 1.29 is 17.9 Å². The van der Waals surface area contributed by atoms with Crippen molar-refractivity contribution in [3.05, 3.63) is 51.9 Å². The van der Waals surface area contributed by atoms with E-state index in [9.17, 15) is 18.0 Å². The number of ether oxygens (including phenoxy) is 1. The number of imidazole rings is 1. The van der Waals surface area contributed by atoms with Crippen LogP contribution in [0.4, 0.5) is 11.4 Å². The Bertz CT molecular complexity index is 1300. The summed E-state index contributed by atoms with van der Waals surface area (Å²) < 4.78 is 33.8. The maximum atomic E-state index is 12.7. The van der Waals surface area contributed by atoms with Gasteiger partial charge in [-0.15, -0.1) is 0 Å². The monoisotopic (exact) mass is 452 g/mol. The lowest BCUT2D eigenvalue weighted by Crippen LogP contribution is -2.37. The first-order valence-corrected chi connectivity index (χ1v) is 11.0. The molecule has 0 fully saturated rings. The molecule has 0 saturated heterocycles. The van der Waals surface area contributed by atoms with Crippen LogP contribution in [0.25, 0.3) is 11.0 Å². The number of methoxy groups -OCH3 is 1. The number of nitrogens with one attached hydrogen (secondary N) is 1. The number of halogens is 1. The second-order valence-electron chi connectivity index (χ2n) is 6.74. The molecule has 11 heteroatoms. The predicted octanol–water partition coefficient (Wildman–Crippen LogP) is 1.94. The quantitative estimate of drug-likeness (QED) is 0.615. The predicted molar refractivity (Wildman–Crippen MR) is 117 cm³/mol. The van der Waals surface area contributed by atoms with Crippen LogP contribution in [0.3, 0.4) is 0 Å². The first-order chi connectivity index (χ1) is 14.0. The van der Waals surface area contributed by atoms with Crippen molar-refractivity contribution in [2.24, 2.45) is 14.1 Å². The summed E-state index contributed by atoms with van der Waals surface area (Å²) in [6, 6.07) is 9.51. The highest BCUT2D eigenvalue weighted by Crippen LogP contribution is 2.32. The van der Waals surface area contributed by atoms with E-state index in [4.69, 9.17) is 16.3 Å². The van der Waals surface area contributed by atoms with Gasteiger partial charge in [0, 0.05) is 24.8 Å². The molecule has 0 atom stereocenters. The zero-order valence-corrected chi connectivity index (χ0v) is 18.4. The second kappa shape index (κ2) is 8.04. The summed E-state index contributed by atoms with van der Waals surface area (Å²) in [7, 11) is 0.872. The third-order valence-electron chi connectivity index (χ3n) is 4.65. The molecule has 1 amide bonds. The average molecular weight is 453 g/mol. The molecule has 0 aliphatic heterocycles. The topological polar surface area (TPSA) is 103 Å². The van der Waals surface area contributed by atoms with E-state index in [1.807, 2.05) is 0 Å². The number of aromatic nitrogens is 2. The number of rotatable bonds is 6. The van der Waals surface area contributed by atoms with Gasteiger partial charge in [-0.05, 0) is 36.4 Å². The van der Waals surface area contributed by atoms with Crippen molar-refractivity contribution in [2.75, 3.05) is 29.5 Å². The smallest absolute Gasteiger partial charge is 0.328 e. The fraction of sp³-hybridized carbons (Fsp3) is 0.263. The molecule has 0 aliphatic rings. The summed E-state index contributed by atoms with van der Waals surface area (Å²) in [6.07, 6.45) is 0.992. The van der Waals surface area contributed by atoms with Crippen LogP contribution < -0.4 is 20.0 Å². The van der Waals surface area contributed by atoms with Gasteiger partial charge in [-0.2, -0.15) is 0 Å². The molecule has 1 aromatic heterocycles. The number of hydrogen-bond donors (Lipinski definition) is 1. The summed E-state index contributed by atoms with van der Waals surface area (Å²) in [6.45, 7) is -0.485. The van der Waals surface area contributed by atoms with Gasteiger partial charge in [0.2, 0.25) is 15.9 Å². The molecule has 3 rings (SSSR count). The zero-order chi connectivity index (χ0) is 22.2. The van der Waals surface area contributed by atoms with E-state index in [1.165, 1.54) is 28.4 Å². The normalized spacial score (nSPS) is 11.5. The molecule has 0 spiro atoms. The fourth-order valence-corrected chi connectivity index (χ4v) is 4.17. The second-order valence-corrected chi connectivity index (χ2v) is 9.08. The number of carbonyl (C=O) groups excluding carboxylic acids is 1. The average Bonchev–Trinajstić information content (AvgIpc) is 2.89. The van der Waals surface area contributed by atoms with Crippen molar-refractivity contribution in [3.8, 4) is 5.75 Å². The number of aryl methyl sites for hydroxylation is 2. The SMILES string of the molecule is COc1ccc(Cl)cc1N(CC(=O)Nc1ccc2c(c1)n(C)c(=O)n2C)S(C)(=O)=O. The van der Waals surface area contributed by atoms with E-state index < -0.39 is 22.5 Å². The number of benzene rings is 2. The summed E-state index contributed by atoms with van der Waals surface area (Å²) in [4.78, 5) is 24.7. The maximum absolute atomic E-state index is 12.7. The minimum Gasteiger partial charge on any atom is -0.495 e. The Morgan fingerprint density at radius 2 is 1.80 bits per heavy atom. The van der Waals surface area contributed by atoms with E-state index in [-0.39, 0.29) is 17.1 Å². The standard InChI is InChI=1S/C19H21ClN4O5S/c1-22-14-7-6-13(10-15(14)23(2)19(22)26)21-18(25)11-24(30(4,27)28)16-9-12(20)5-8-17(16)29-3/h5-10H,11H2,1-4H3,(H,21,25). The van der Waals surface area contributed by atoms with Crippen LogP contribution in [0.15, 0.2) is 41.2 Å². The van der Waals surface area contributed by atoms with Crippen LogP contribution in [-0.2, 0) is 28.9 Å². The van der Waals surface area contributed by atoms with Gasteiger partial charge in [0.25, 0.3) is 0 Å². The Hall–Kier alpha value is -2.98. The summed E-state index contributed by atoms with van der Waals surface area (Å²) >= 11 is 6.01. The van der Waals surface area contributed by atoms with E-state index in [2.05, 4.69) is 5.32 Å². The van der Waals surface area contributed by atoms with Gasteiger partial charge in [0.05, 0.1) is 30.1 Å². The Morgan fingerprint density at radius 1 is 1.13 bits per heavy atom. The van der Waals surface area contributed by atoms with Gasteiger partial charge in [-0.3, -0.25) is 18.2 Å². The number of sulfonamides is 1. The Balaban J connectivity index is 1.91. The molecule has 9 nitrogen and oxygen atoms in total. The van der Waals surface area contributed by atoms with Crippen molar-refractivity contribution in [2.45, 2.75) is 0 Å². The Kier molecular flexibility index (Phi) is 5.82. The summed E-state index contributed by atoms with van der Waals surface area (Å²) in [5, 5.41) is 2.97. The van der Waals surface area contributed by atoms with Gasteiger partial charge in [-0.1, -0.05) is 11.6 Å². The van der Waals surface area contributed by atoms with Crippen molar-refractivity contribution in [1.29, 1.82) is 0 Å². The minimum atomic E-state index is -3.81. The van der Waals surface area contributed by atoms with Gasteiger partial charge in [0.1, 0.15) is 12.3 Å². The Morgan fingerprint density at radius 3 is 2.43 bits per heavy atom. The van der Waals surface area contributed by atoms with Crippen molar-refractivity contribution >= 4 is 49.9 Å². The van der Waals surface area contributed by atoms with Crippen molar-refractivity contribution in [3.63, 3.8) is 0 Å². The number of hydrogen-bond acceptors (Lipinski definition) is 5. The molecule has 0 unspecified atom stereocenters. The molecule has 1 heterocycles. The lowest BCUT2D eigenvalue weighted by molar-refractivity contribution is -0.114. The van der Waals surface area contributed by atoms with Crippen molar-refractivity contribution in [1.82, 2.24) is 9.13 Å². The molecule has 1 N–H and O–H groups in total. The molecule has 0 saturated carbocycles. The third-order valence-corrected chi connectivity index (χ3v) is 6.01. The fourth-order valence-electron chi connectivity index (χ4n) is 3.15. The zero-order valence-electron chi connectivity index (χ0n) is 16.8. The molecule has 30 heavy (non-hydrogen) atoms. The number of amides is 1. The largest absolute Gasteiger partial charge is 0.495 e. The van der Waals surface area contributed by atoms with Crippen LogP contribution in [0.1, 0.15) is 0 Å². The van der Waals surface area contributed by atoms with E-state index in [1.54, 1.807) is 38.4 Å². The number of fused-ring (bicyclic) bond motifs is 1. The number of nitrogens with zero attached hydrogens (tertiary/aromatic N) is 3. The van der Waals surface area contributed by atoms with Crippen LogP contribution in [0.5, 0.6) is 5.75 Å². The molecular formula is C19H21ClN4O5S. The lowest BCUT2D eigenvalue weighted by atomic mass is 10.2. The van der Waals surface area contributed by atoms with Gasteiger partial charge in [-0.25, -0.2) is 13.2 Å². The van der Waals surface area contributed by atoms with E-state index >= 15 is 0 Å². The van der Waals surface area contributed by atoms with E-state index in [0.29, 0.717) is 21.7 Å². The van der Waals surface area contributed by atoms with Crippen LogP contribution >= 0.6 is 11.6 Å². The third kappa shape index (κ3) is 4.14. The molecule has 3 aromatic rings. The lowest BCUT2D eigenvalue weighted by Gasteiger charge is -2.24. The maximum Gasteiger partial charge on any atom is 0.328 e. The molecule has 0 radical (unpaired) electrons. The molecule has 2 aromatic carbocycles. The molecular weight excluding hydrogens is 432 g/mol. The Labute approximate surface area is 178 Å². The van der Waals surface area contributed by atoms with Crippen LogP contribution in [0, 0.1) is 0 Å². The minimum absolute atomic E-state index is 0.156. The summed E-state index contributed by atoms with van der Waals surface area (Å²) in [5.74, 6) is -0.305. The van der Waals surface area contributed by atoms with Gasteiger partial charge in [0.15, 0.2) is 0 Å². The first kappa shape index (κ1) is 21.7. The van der Waals surface area contributed by atoms with Crippen LogP contribution in [0.2, 0.25) is 5.02 Å². The van der Waals surface area contributed by atoms with Gasteiger partial charge < -0.3 is 10.1 Å². The number of carbonyl (C=O) groups is 1. The molecule has 0 aliphatic carbocycles. The first-order valence-electron chi connectivity index (χ1n) is 8.79. The molecule has 160 valence electrons. The van der Waals surface area contributed by atoms with Crippen LogP contribution in [-0.4, -0.2) is 43.4 Å². The number of anilines is 2. The van der Waals surface area contributed by atoms with Gasteiger partial charge >= 0.3 is 5.69 Å².